The Bertz CT molecular complexity index is 439. The minimum Gasteiger partial charge on any atom is -0.627 e. The Balaban J connectivity index is 0.00000162. The molecular formula is C13H14N2O2Rb2. The normalized spacial score (nSPS) is 21.2. The van der Waals surface area contributed by atoms with Crippen LogP contribution in [-0.2, 0) is 9.59 Å². The van der Waals surface area contributed by atoms with E-state index < -0.39 is 17.7 Å². The summed E-state index contributed by atoms with van der Waals surface area (Å²) < 4.78 is 0. The number of carbonyl (C=O) groups is 2. The van der Waals surface area contributed by atoms with Crippen molar-refractivity contribution in [2.24, 2.45) is 11.3 Å². The quantitative estimate of drug-likeness (QED) is 0.402. The first kappa shape index (κ1) is 20.8. The van der Waals surface area contributed by atoms with Crippen LogP contribution in [0.3, 0.4) is 0 Å². The summed E-state index contributed by atoms with van der Waals surface area (Å²) in [6.45, 7) is 5.58. The Kier molecular flexibility index (Phi) is 9.20. The molecule has 0 saturated heterocycles. The van der Waals surface area contributed by atoms with Crippen LogP contribution >= 0.6 is 0 Å². The maximum atomic E-state index is 11.6. The molecule has 0 aromatic rings. The van der Waals surface area contributed by atoms with E-state index in [0.717, 1.165) is 0 Å². The fourth-order valence-corrected chi connectivity index (χ4v) is 1.54. The molecule has 6 heteroatoms. The van der Waals surface area contributed by atoms with Crippen LogP contribution in [0.2, 0.25) is 0 Å². The molecule has 0 radical (unpaired) electrons. The van der Waals surface area contributed by atoms with E-state index in [9.17, 15) is 9.59 Å². The third kappa shape index (κ3) is 5.47. The summed E-state index contributed by atoms with van der Waals surface area (Å²) in [5, 5.41) is 7.89. The Morgan fingerprint density at radius 2 is 1.32 bits per heavy atom. The SMILES string of the molecule is CC1C(=O)[N-]C2=C(C=CC(C)(C)C=C2)[N-]C1=O.[Rb+].[Rb+]. The minimum absolute atomic E-state index is 0. The Morgan fingerprint density at radius 3 is 1.68 bits per heavy atom. The standard InChI is InChI=1S/C13H16N2O2.2Rb/c1-8-11(16)14-9-4-6-13(2,3)7-5-10(9)15-12(8)17;;/h4-8H,1-3H3,(H2,14,15,16,17);;/q;2*+1/p-2. The molecule has 0 aromatic carbocycles. The first-order chi connectivity index (χ1) is 7.89. The predicted octanol–water partition coefficient (Wildman–Crippen LogP) is -3.19. The molecule has 2 aliphatic rings. The average Bonchev–Trinajstić information content (AvgIpc) is 2.45. The summed E-state index contributed by atoms with van der Waals surface area (Å²) in [7, 11) is 0. The van der Waals surface area contributed by atoms with Gasteiger partial charge in [-0.25, -0.2) is 0 Å². The maximum absolute atomic E-state index is 11.6. The van der Waals surface area contributed by atoms with E-state index in [4.69, 9.17) is 0 Å². The smallest absolute Gasteiger partial charge is 0.627 e. The zero-order valence-electron chi connectivity index (χ0n) is 12.1. The van der Waals surface area contributed by atoms with Gasteiger partial charge in [-0.3, -0.25) is 0 Å². The molecule has 0 aromatic heterocycles. The molecule has 4 nitrogen and oxygen atoms in total. The molecule has 2 amide bonds. The molecule has 0 spiro atoms. The van der Waals surface area contributed by atoms with Gasteiger partial charge in [-0.05, 0) is 0 Å². The number of amides is 2. The molecule has 0 unspecified atom stereocenters. The van der Waals surface area contributed by atoms with E-state index in [1.807, 2.05) is 26.0 Å². The number of rotatable bonds is 0. The van der Waals surface area contributed by atoms with Gasteiger partial charge in [-0.2, -0.15) is 0 Å². The topological polar surface area (TPSA) is 62.3 Å². The molecule has 1 aliphatic heterocycles. The monoisotopic (exact) mass is 400 g/mol. The first-order valence-corrected chi connectivity index (χ1v) is 5.53. The van der Waals surface area contributed by atoms with Crippen molar-refractivity contribution >= 4 is 11.8 Å². The molecule has 0 atom stereocenters. The van der Waals surface area contributed by atoms with E-state index >= 15 is 0 Å². The van der Waals surface area contributed by atoms with Crippen LogP contribution in [0.15, 0.2) is 35.7 Å². The molecule has 0 saturated carbocycles. The minimum atomic E-state index is -0.781. The van der Waals surface area contributed by atoms with Gasteiger partial charge in [0.05, 0.1) is 11.8 Å². The van der Waals surface area contributed by atoms with Crippen molar-refractivity contribution in [2.45, 2.75) is 20.8 Å². The van der Waals surface area contributed by atoms with E-state index in [-0.39, 0.29) is 122 Å². The average molecular weight is 401 g/mol. The molecule has 1 heterocycles. The third-order valence-corrected chi connectivity index (χ3v) is 2.81. The molecule has 0 N–H and O–H groups in total. The van der Waals surface area contributed by atoms with Crippen LogP contribution in [0.25, 0.3) is 10.6 Å². The van der Waals surface area contributed by atoms with Crippen molar-refractivity contribution in [1.29, 1.82) is 0 Å². The van der Waals surface area contributed by atoms with Crippen molar-refractivity contribution in [3.63, 3.8) is 0 Å². The Morgan fingerprint density at radius 1 is 0.947 bits per heavy atom. The third-order valence-electron chi connectivity index (χ3n) is 2.81. The van der Waals surface area contributed by atoms with Crippen LogP contribution in [0.5, 0.6) is 0 Å². The fourth-order valence-electron chi connectivity index (χ4n) is 1.54. The van der Waals surface area contributed by atoms with Crippen LogP contribution in [0.4, 0.5) is 0 Å². The van der Waals surface area contributed by atoms with E-state index in [1.54, 1.807) is 12.2 Å². The number of nitrogens with zero attached hydrogens (tertiary/aromatic N) is 2. The summed E-state index contributed by atoms with van der Waals surface area (Å²) in [6, 6.07) is 0. The van der Waals surface area contributed by atoms with Crippen molar-refractivity contribution < 1.29 is 126 Å². The van der Waals surface area contributed by atoms with Crippen LogP contribution < -0.4 is 116 Å². The van der Waals surface area contributed by atoms with Crippen LogP contribution in [0.1, 0.15) is 20.8 Å². The van der Waals surface area contributed by atoms with E-state index in [1.165, 1.54) is 6.92 Å². The summed E-state index contributed by atoms with van der Waals surface area (Å²) in [6.07, 6.45) is 7.39. The Hall–Kier alpha value is 1.77. The number of carbonyl (C=O) groups excluding carboxylic acids is 2. The molecule has 90 valence electrons. The van der Waals surface area contributed by atoms with Crippen molar-refractivity contribution in [3.8, 4) is 0 Å². The zero-order chi connectivity index (χ0) is 12.6. The van der Waals surface area contributed by atoms with Gasteiger partial charge < -0.3 is 20.2 Å². The number of hydrogen-bond donors (Lipinski definition) is 0. The van der Waals surface area contributed by atoms with Crippen LogP contribution in [-0.4, -0.2) is 11.8 Å². The molecule has 0 bridgehead atoms. The number of hydrogen-bond acceptors (Lipinski definition) is 2. The van der Waals surface area contributed by atoms with Crippen molar-refractivity contribution in [1.82, 2.24) is 0 Å². The first-order valence-electron chi connectivity index (χ1n) is 5.53. The summed E-state index contributed by atoms with van der Waals surface area (Å²) >= 11 is 0. The molecular weight excluding hydrogens is 387 g/mol. The van der Waals surface area contributed by atoms with Gasteiger partial charge in [0.1, 0.15) is 0 Å². The number of allylic oxidation sites excluding steroid dienone is 4. The van der Waals surface area contributed by atoms with Gasteiger partial charge in [-0.1, -0.05) is 45.1 Å². The van der Waals surface area contributed by atoms with Crippen LogP contribution in [0, 0.1) is 11.3 Å². The second-order valence-electron chi connectivity index (χ2n) is 4.88. The van der Waals surface area contributed by atoms with Crippen molar-refractivity contribution in [2.75, 3.05) is 0 Å². The summed E-state index contributed by atoms with van der Waals surface area (Å²) in [5.74, 6) is -1.64. The Labute approximate surface area is 211 Å². The second-order valence-corrected chi connectivity index (χ2v) is 4.88. The van der Waals surface area contributed by atoms with Crippen molar-refractivity contribution in [3.05, 3.63) is 46.3 Å². The van der Waals surface area contributed by atoms with Gasteiger partial charge in [0.25, 0.3) is 0 Å². The second kappa shape index (κ2) is 8.42. The van der Waals surface area contributed by atoms with Gasteiger partial charge in [-0.15, -0.1) is 11.4 Å². The van der Waals surface area contributed by atoms with E-state index in [0.29, 0.717) is 11.4 Å². The molecule has 1 aliphatic carbocycles. The zero-order valence-corrected chi connectivity index (χ0v) is 21.9. The van der Waals surface area contributed by atoms with Gasteiger partial charge in [0.15, 0.2) is 0 Å². The van der Waals surface area contributed by atoms with Gasteiger partial charge in [0, 0.05) is 11.3 Å². The van der Waals surface area contributed by atoms with E-state index in [2.05, 4.69) is 10.6 Å². The largest absolute Gasteiger partial charge is 1.00 e. The molecule has 0 fully saturated rings. The summed E-state index contributed by atoms with van der Waals surface area (Å²) in [4.78, 5) is 23.2. The molecule has 2 rings (SSSR count). The maximum Gasteiger partial charge on any atom is 1.00 e. The predicted molar refractivity (Wildman–Crippen MR) is 65.0 cm³/mol. The molecule has 19 heavy (non-hydrogen) atoms. The fraction of sp³-hybridized carbons (Fsp3) is 0.385. The van der Waals surface area contributed by atoms with Gasteiger partial charge in [0.2, 0.25) is 0 Å². The summed E-state index contributed by atoms with van der Waals surface area (Å²) in [5.41, 5.74) is 0.804. The van der Waals surface area contributed by atoms with Gasteiger partial charge >= 0.3 is 116 Å².